The Balaban J connectivity index is 1.34. The number of hydrogen-bond acceptors (Lipinski definition) is 6. The molecular formula is C26H21ClN2O5. The molecule has 34 heavy (non-hydrogen) atoms. The Kier molecular flexibility index (Phi) is 7.15. The first-order chi connectivity index (χ1) is 16.4. The van der Waals surface area contributed by atoms with Crippen LogP contribution in [0.15, 0.2) is 78.9 Å². The molecule has 4 rings (SSSR count). The number of carbonyl (C=O) groups is 4. The molecule has 1 N–H and O–H groups in total. The fourth-order valence-corrected chi connectivity index (χ4v) is 3.71. The van der Waals surface area contributed by atoms with E-state index in [1.54, 1.807) is 24.3 Å². The number of benzene rings is 3. The van der Waals surface area contributed by atoms with Gasteiger partial charge in [-0.3, -0.25) is 14.4 Å². The lowest BCUT2D eigenvalue weighted by molar-refractivity contribution is -0.121. The molecule has 0 bridgehead atoms. The van der Waals surface area contributed by atoms with E-state index in [9.17, 15) is 19.2 Å². The van der Waals surface area contributed by atoms with E-state index in [-0.39, 0.29) is 29.6 Å². The largest absolute Gasteiger partial charge is 0.454 e. The van der Waals surface area contributed by atoms with Gasteiger partial charge in [0.05, 0.1) is 23.7 Å². The van der Waals surface area contributed by atoms with Crippen molar-refractivity contribution in [2.24, 2.45) is 0 Å². The predicted molar refractivity (Wildman–Crippen MR) is 127 cm³/mol. The van der Waals surface area contributed by atoms with Gasteiger partial charge in [0.1, 0.15) is 0 Å². The summed E-state index contributed by atoms with van der Waals surface area (Å²) in [5.74, 6) is -1.71. The standard InChI is InChI=1S/C26H21ClN2O5/c27-20-10-6-18(7-11-20)23(30)16-34-26(33)19-8-12-21(13-9-19)29-24(31)14-22(25(29)32)28-15-17-4-2-1-3-5-17/h1-13,22,28H,14-16H2. The number of Topliss-reactive ketones (excluding diaryl/α,β-unsaturated/α-hetero) is 1. The smallest absolute Gasteiger partial charge is 0.338 e. The summed E-state index contributed by atoms with van der Waals surface area (Å²) in [6, 6.07) is 21.2. The van der Waals surface area contributed by atoms with Crippen LogP contribution in [-0.2, 0) is 20.9 Å². The summed E-state index contributed by atoms with van der Waals surface area (Å²) in [6.45, 7) is 0.0535. The number of carbonyl (C=O) groups excluding carboxylic acids is 4. The van der Waals surface area contributed by atoms with Gasteiger partial charge >= 0.3 is 5.97 Å². The molecule has 7 nitrogen and oxygen atoms in total. The SMILES string of the molecule is O=C(COC(=O)c1ccc(N2C(=O)CC(NCc3ccccc3)C2=O)cc1)c1ccc(Cl)cc1. The third-order valence-corrected chi connectivity index (χ3v) is 5.66. The van der Waals surface area contributed by atoms with Gasteiger partial charge in [0.15, 0.2) is 12.4 Å². The van der Waals surface area contributed by atoms with E-state index >= 15 is 0 Å². The average molecular weight is 477 g/mol. The molecule has 0 radical (unpaired) electrons. The molecular weight excluding hydrogens is 456 g/mol. The summed E-state index contributed by atoms with van der Waals surface area (Å²) in [7, 11) is 0. The summed E-state index contributed by atoms with van der Waals surface area (Å²) < 4.78 is 5.09. The monoisotopic (exact) mass is 476 g/mol. The van der Waals surface area contributed by atoms with Crippen molar-refractivity contribution in [3.8, 4) is 0 Å². The van der Waals surface area contributed by atoms with Crippen LogP contribution < -0.4 is 10.2 Å². The Morgan fingerprint density at radius 2 is 1.56 bits per heavy atom. The number of ether oxygens (including phenoxy) is 1. The predicted octanol–water partition coefficient (Wildman–Crippen LogP) is 3.80. The molecule has 1 aliphatic heterocycles. The zero-order valence-corrected chi connectivity index (χ0v) is 18.8. The normalized spacial score (nSPS) is 15.4. The Morgan fingerprint density at radius 1 is 0.912 bits per heavy atom. The molecule has 0 aliphatic carbocycles. The summed E-state index contributed by atoms with van der Waals surface area (Å²) in [5, 5.41) is 3.63. The molecule has 3 aromatic carbocycles. The first kappa shape index (κ1) is 23.4. The molecule has 1 saturated heterocycles. The minimum Gasteiger partial charge on any atom is -0.454 e. The molecule has 1 atom stereocenters. The van der Waals surface area contributed by atoms with Gasteiger partial charge in [-0.15, -0.1) is 0 Å². The molecule has 1 unspecified atom stereocenters. The van der Waals surface area contributed by atoms with Crippen molar-refractivity contribution in [1.82, 2.24) is 5.32 Å². The average Bonchev–Trinajstić information content (AvgIpc) is 3.15. The van der Waals surface area contributed by atoms with Crippen LogP contribution in [-0.4, -0.2) is 36.2 Å². The Morgan fingerprint density at radius 3 is 2.24 bits per heavy atom. The van der Waals surface area contributed by atoms with Crippen LogP contribution in [0.3, 0.4) is 0 Å². The number of ketones is 1. The van der Waals surface area contributed by atoms with Crippen LogP contribution in [0.1, 0.15) is 32.7 Å². The zero-order chi connectivity index (χ0) is 24.1. The number of esters is 1. The van der Waals surface area contributed by atoms with Gasteiger partial charge < -0.3 is 10.1 Å². The number of halogens is 1. The molecule has 1 fully saturated rings. The van der Waals surface area contributed by atoms with Gasteiger partial charge in [0.2, 0.25) is 5.91 Å². The van der Waals surface area contributed by atoms with Crippen molar-refractivity contribution in [1.29, 1.82) is 0 Å². The quantitative estimate of drug-likeness (QED) is 0.302. The van der Waals surface area contributed by atoms with Crippen molar-refractivity contribution in [3.63, 3.8) is 0 Å². The number of hydrogen-bond donors (Lipinski definition) is 1. The van der Waals surface area contributed by atoms with Gasteiger partial charge in [-0.25, -0.2) is 9.69 Å². The molecule has 1 heterocycles. The summed E-state index contributed by atoms with van der Waals surface area (Å²) >= 11 is 5.81. The van der Waals surface area contributed by atoms with Crippen molar-refractivity contribution < 1.29 is 23.9 Å². The number of nitrogens with one attached hydrogen (secondary N) is 1. The molecule has 1 aliphatic rings. The molecule has 172 valence electrons. The summed E-state index contributed by atoms with van der Waals surface area (Å²) in [5.41, 5.74) is 1.96. The fourth-order valence-electron chi connectivity index (χ4n) is 3.58. The van der Waals surface area contributed by atoms with E-state index in [1.165, 1.54) is 24.3 Å². The second-order valence-electron chi connectivity index (χ2n) is 7.74. The molecule has 8 heteroatoms. The van der Waals surface area contributed by atoms with Gasteiger partial charge in [0, 0.05) is 17.1 Å². The number of anilines is 1. The van der Waals surface area contributed by atoms with Gasteiger partial charge in [-0.05, 0) is 54.1 Å². The summed E-state index contributed by atoms with van der Waals surface area (Å²) in [4.78, 5) is 50.9. The second kappa shape index (κ2) is 10.4. The minimum atomic E-state index is -0.685. The molecule has 0 saturated carbocycles. The highest BCUT2D eigenvalue weighted by Gasteiger charge is 2.39. The second-order valence-corrected chi connectivity index (χ2v) is 8.18. The Bertz CT molecular complexity index is 1210. The van der Waals surface area contributed by atoms with Crippen molar-refractivity contribution >= 4 is 40.9 Å². The van der Waals surface area contributed by atoms with E-state index in [4.69, 9.17) is 16.3 Å². The summed E-state index contributed by atoms with van der Waals surface area (Å²) in [6.07, 6.45) is 0.0578. The van der Waals surface area contributed by atoms with Crippen LogP contribution >= 0.6 is 11.6 Å². The maximum absolute atomic E-state index is 12.8. The highest BCUT2D eigenvalue weighted by molar-refractivity contribution is 6.30. The lowest BCUT2D eigenvalue weighted by Crippen LogP contribution is -2.38. The van der Waals surface area contributed by atoms with Crippen molar-refractivity contribution in [3.05, 3.63) is 101 Å². The molecule has 2 amide bonds. The fraction of sp³-hybridized carbons (Fsp3) is 0.154. The number of amides is 2. The number of nitrogens with zero attached hydrogens (tertiary/aromatic N) is 1. The van der Waals surface area contributed by atoms with E-state index < -0.39 is 18.6 Å². The number of imide groups is 1. The van der Waals surface area contributed by atoms with Gasteiger partial charge in [-0.2, -0.15) is 0 Å². The van der Waals surface area contributed by atoms with E-state index in [0.29, 0.717) is 22.8 Å². The van der Waals surface area contributed by atoms with Crippen molar-refractivity contribution in [2.45, 2.75) is 19.0 Å². The molecule has 3 aromatic rings. The van der Waals surface area contributed by atoms with Crippen LogP contribution in [0.2, 0.25) is 5.02 Å². The van der Waals surface area contributed by atoms with Gasteiger partial charge in [-0.1, -0.05) is 41.9 Å². The van der Waals surface area contributed by atoms with E-state index in [1.807, 2.05) is 30.3 Å². The highest BCUT2D eigenvalue weighted by atomic mass is 35.5. The maximum atomic E-state index is 12.8. The first-order valence-corrected chi connectivity index (χ1v) is 11.0. The van der Waals surface area contributed by atoms with E-state index in [2.05, 4.69) is 5.32 Å². The highest BCUT2D eigenvalue weighted by Crippen LogP contribution is 2.24. The van der Waals surface area contributed by atoms with Crippen LogP contribution in [0.5, 0.6) is 0 Å². The minimum absolute atomic E-state index is 0.0578. The third-order valence-electron chi connectivity index (χ3n) is 5.40. The van der Waals surface area contributed by atoms with Crippen LogP contribution in [0.25, 0.3) is 0 Å². The maximum Gasteiger partial charge on any atom is 0.338 e. The van der Waals surface area contributed by atoms with Gasteiger partial charge in [0.25, 0.3) is 5.91 Å². The van der Waals surface area contributed by atoms with E-state index in [0.717, 1.165) is 10.5 Å². The lowest BCUT2D eigenvalue weighted by atomic mass is 10.1. The van der Waals surface area contributed by atoms with Crippen molar-refractivity contribution in [2.75, 3.05) is 11.5 Å². The number of rotatable bonds is 8. The van der Waals surface area contributed by atoms with Crippen LogP contribution in [0.4, 0.5) is 5.69 Å². The topological polar surface area (TPSA) is 92.8 Å². The Hall–Kier alpha value is -3.81. The zero-order valence-electron chi connectivity index (χ0n) is 18.1. The third kappa shape index (κ3) is 5.39. The Labute approximate surface area is 201 Å². The molecule has 0 aromatic heterocycles. The lowest BCUT2D eigenvalue weighted by Gasteiger charge is -2.16. The first-order valence-electron chi connectivity index (χ1n) is 10.6. The molecule has 0 spiro atoms. The van der Waals surface area contributed by atoms with Crippen LogP contribution in [0, 0.1) is 0 Å².